The summed E-state index contributed by atoms with van der Waals surface area (Å²) in [4.78, 5) is 10.5. The number of alkyl halides is 1. The normalized spacial score (nSPS) is 10.4. The van der Waals surface area contributed by atoms with Crippen molar-refractivity contribution in [3.8, 4) is 0 Å². The predicted octanol–water partition coefficient (Wildman–Crippen LogP) is 1.53. The van der Waals surface area contributed by atoms with Crippen molar-refractivity contribution >= 4 is 35.5 Å². The van der Waals surface area contributed by atoms with E-state index in [4.69, 9.17) is 11.6 Å². The maximum Gasteiger partial charge on any atom is 0.159 e. The molecule has 9 heavy (non-hydrogen) atoms. The molecule has 0 atom stereocenters. The monoisotopic (exact) mass is 165 g/mol. The lowest BCUT2D eigenvalue weighted by molar-refractivity contribution is -0.114. The molecular formula is C5H8ClNOS. The molecule has 4 heteroatoms. The van der Waals surface area contributed by atoms with E-state index in [-0.39, 0.29) is 11.7 Å². The molecule has 0 bridgehead atoms. The molecule has 0 rings (SSSR count). The average Bonchev–Trinajstić information content (AvgIpc) is 1.89. The zero-order chi connectivity index (χ0) is 7.11. The lowest BCUT2D eigenvalue weighted by Gasteiger charge is -1.87. The number of hydrogen-bond donors (Lipinski definition) is 0. The first kappa shape index (κ1) is 8.98. The minimum absolute atomic E-state index is 0.0206. The Hall–Kier alpha value is -0.0200. The van der Waals surface area contributed by atoms with Gasteiger partial charge in [0, 0.05) is 6.21 Å². The van der Waals surface area contributed by atoms with E-state index in [1.807, 2.05) is 0 Å². The Morgan fingerprint density at radius 3 is 3.00 bits per heavy atom. The van der Waals surface area contributed by atoms with Gasteiger partial charge in [-0.25, -0.2) is 4.40 Å². The third-order valence-corrected chi connectivity index (χ3v) is 1.66. The van der Waals surface area contributed by atoms with Gasteiger partial charge in [0.1, 0.15) is 0 Å². The highest BCUT2D eigenvalue weighted by Gasteiger charge is 1.96. The van der Waals surface area contributed by atoms with Gasteiger partial charge < -0.3 is 0 Å². The highest BCUT2D eigenvalue weighted by molar-refractivity contribution is 7.98. The maximum atomic E-state index is 10.5. The Kier molecular flexibility index (Phi) is 6.09. The van der Waals surface area contributed by atoms with E-state index in [9.17, 15) is 4.79 Å². The summed E-state index contributed by atoms with van der Waals surface area (Å²) in [5, 5.41) is 0. The molecular weight excluding hydrogens is 158 g/mol. The van der Waals surface area contributed by atoms with E-state index >= 15 is 0 Å². The second kappa shape index (κ2) is 6.11. The summed E-state index contributed by atoms with van der Waals surface area (Å²) in [7, 11) is 0. The summed E-state index contributed by atoms with van der Waals surface area (Å²) in [6, 6.07) is 0. The van der Waals surface area contributed by atoms with Gasteiger partial charge in [-0.15, -0.1) is 11.6 Å². The van der Waals surface area contributed by atoms with Crippen molar-refractivity contribution in [2.45, 2.75) is 6.92 Å². The van der Waals surface area contributed by atoms with Crippen LogP contribution in [0, 0.1) is 0 Å². The number of rotatable bonds is 4. The van der Waals surface area contributed by atoms with Crippen LogP contribution in [0.2, 0.25) is 0 Å². The van der Waals surface area contributed by atoms with Gasteiger partial charge >= 0.3 is 0 Å². The van der Waals surface area contributed by atoms with Crippen LogP contribution in [0.3, 0.4) is 0 Å². The molecule has 0 fully saturated rings. The molecule has 0 aromatic heterocycles. The van der Waals surface area contributed by atoms with Gasteiger partial charge in [0.2, 0.25) is 0 Å². The van der Waals surface area contributed by atoms with E-state index in [2.05, 4.69) is 4.40 Å². The zero-order valence-corrected chi connectivity index (χ0v) is 6.71. The average molecular weight is 166 g/mol. The lowest BCUT2D eigenvalue weighted by Crippen LogP contribution is -2.00. The van der Waals surface area contributed by atoms with Gasteiger partial charge in [-0.3, -0.25) is 4.79 Å². The fraction of sp³-hybridized carbons (Fsp3) is 0.600. The number of carbonyl (C=O) groups is 1. The van der Waals surface area contributed by atoms with Crippen molar-refractivity contribution in [1.29, 1.82) is 0 Å². The molecule has 0 aliphatic heterocycles. The minimum atomic E-state index is 0.0206. The van der Waals surface area contributed by atoms with Crippen LogP contribution in [0.5, 0.6) is 0 Å². The summed E-state index contributed by atoms with van der Waals surface area (Å²) >= 11 is 6.44. The third kappa shape index (κ3) is 5.86. The summed E-state index contributed by atoms with van der Waals surface area (Å²) in [6.45, 7) is 1.80. The summed E-state index contributed by atoms with van der Waals surface area (Å²) in [5.41, 5.74) is 0. The lowest BCUT2D eigenvalue weighted by atomic mass is 10.5. The largest absolute Gasteiger partial charge is 0.297 e. The van der Waals surface area contributed by atoms with Gasteiger partial charge in [0.15, 0.2) is 5.78 Å². The van der Waals surface area contributed by atoms with Gasteiger partial charge in [-0.1, -0.05) is 0 Å². The van der Waals surface area contributed by atoms with Crippen LogP contribution >= 0.6 is 23.5 Å². The Morgan fingerprint density at radius 1 is 1.89 bits per heavy atom. The standard InChI is InChI=1S/C5H8ClNOS/c1-2-7-9-4-5(8)3-6/h2H,3-4H2,1H3/b7-2+. The molecule has 0 aromatic rings. The first-order chi connectivity index (χ1) is 4.31. The van der Waals surface area contributed by atoms with Crippen molar-refractivity contribution in [1.82, 2.24) is 0 Å². The number of halogens is 1. The molecule has 0 amide bonds. The van der Waals surface area contributed by atoms with Crippen molar-refractivity contribution in [3.05, 3.63) is 0 Å². The molecule has 0 N–H and O–H groups in total. The van der Waals surface area contributed by atoms with Gasteiger partial charge in [0.05, 0.1) is 11.6 Å². The van der Waals surface area contributed by atoms with Crippen LogP contribution < -0.4 is 0 Å². The first-order valence-corrected chi connectivity index (χ1v) is 3.96. The highest BCUT2D eigenvalue weighted by atomic mass is 35.5. The fourth-order valence-corrected chi connectivity index (χ4v) is 0.899. The van der Waals surface area contributed by atoms with Crippen LogP contribution in [0.25, 0.3) is 0 Å². The van der Waals surface area contributed by atoms with Crippen molar-refractivity contribution in [2.75, 3.05) is 11.6 Å². The van der Waals surface area contributed by atoms with Crippen LogP contribution in [0.15, 0.2) is 4.40 Å². The van der Waals surface area contributed by atoms with E-state index in [0.29, 0.717) is 5.75 Å². The molecule has 0 saturated carbocycles. The Balaban J connectivity index is 3.17. The molecule has 52 valence electrons. The van der Waals surface area contributed by atoms with Crippen LogP contribution in [-0.2, 0) is 4.79 Å². The second-order valence-corrected chi connectivity index (χ2v) is 2.33. The van der Waals surface area contributed by atoms with Crippen LogP contribution in [-0.4, -0.2) is 23.6 Å². The Labute approximate surface area is 63.8 Å². The summed E-state index contributed by atoms with van der Waals surface area (Å²) in [5.74, 6) is 0.493. The predicted molar refractivity (Wildman–Crippen MR) is 42.4 cm³/mol. The summed E-state index contributed by atoms with van der Waals surface area (Å²) < 4.78 is 3.77. The topological polar surface area (TPSA) is 29.4 Å². The highest BCUT2D eigenvalue weighted by Crippen LogP contribution is 2.00. The van der Waals surface area contributed by atoms with E-state index < -0.39 is 0 Å². The van der Waals surface area contributed by atoms with Crippen LogP contribution in [0.4, 0.5) is 0 Å². The van der Waals surface area contributed by atoms with Crippen molar-refractivity contribution < 1.29 is 4.79 Å². The van der Waals surface area contributed by atoms with Gasteiger partial charge in [-0.05, 0) is 18.9 Å². The van der Waals surface area contributed by atoms with Crippen molar-refractivity contribution in [2.24, 2.45) is 4.40 Å². The molecule has 0 spiro atoms. The molecule has 0 unspecified atom stereocenters. The molecule has 0 saturated heterocycles. The number of hydrogen-bond acceptors (Lipinski definition) is 3. The molecule has 0 aromatic carbocycles. The number of Topliss-reactive ketones (excluding diaryl/α,β-unsaturated/α-hetero) is 1. The van der Waals surface area contributed by atoms with Crippen molar-refractivity contribution in [3.63, 3.8) is 0 Å². The van der Waals surface area contributed by atoms with Gasteiger partial charge in [0.25, 0.3) is 0 Å². The van der Waals surface area contributed by atoms with Gasteiger partial charge in [-0.2, -0.15) is 0 Å². The third-order valence-electron chi connectivity index (χ3n) is 0.555. The first-order valence-electron chi connectivity index (χ1n) is 2.49. The molecule has 2 nitrogen and oxygen atoms in total. The van der Waals surface area contributed by atoms with E-state index in [0.717, 1.165) is 0 Å². The maximum absolute atomic E-state index is 10.5. The minimum Gasteiger partial charge on any atom is -0.297 e. The number of carbonyl (C=O) groups excluding carboxylic acids is 1. The quantitative estimate of drug-likeness (QED) is 0.359. The fourth-order valence-electron chi connectivity index (χ4n) is 0.222. The smallest absolute Gasteiger partial charge is 0.159 e. The Bertz CT molecular complexity index is 116. The molecule has 0 radical (unpaired) electrons. The van der Waals surface area contributed by atoms with E-state index in [1.165, 1.54) is 11.9 Å². The number of nitrogens with zero attached hydrogens (tertiary/aromatic N) is 1. The van der Waals surface area contributed by atoms with Crippen LogP contribution in [0.1, 0.15) is 6.92 Å². The number of ketones is 1. The molecule has 0 aliphatic carbocycles. The Morgan fingerprint density at radius 2 is 2.56 bits per heavy atom. The summed E-state index contributed by atoms with van der Waals surface area (Å²) in [6.07, 6.45) is 1.65. The molecule has 0 aliphatic rings. The zero-order valence-electron chi connectivity index (χ0n) is 5.13. The second-order valence-electron chi connectivity index (χ2n) is 1.31. The SMILES string of the molecule is C/C=N/SCC(=O)CCl. The molecule has 0 heterocycles. The van der Waals surface area contributed by atoms with E-state index in [1.54, 1.807) is 13.1 Å².